The Kier molecular flexibility index (Phi) is 3.70. The minimum atomic E-state index is -0.372. The van der Waals surface area contributed by atoms with E-state index in [1.54, 1.807) is 0 Å². The summed E-state index contributed by atoms with van der Waals surface area (Å²) in [6.45, 7) is 12.8. The molecule has 0 saturated carbocycles. The van der Waals surface area contributed by atoms with Gasteiger partial charge >= 0.3 is 0 Å². The predicted molar refractivity (Wildman–Crippen MR) is 71.3 cm³/mol. The molecule has 3 nitrogen and oxygen atoms in total. The monoisotopic (exact) mass is 236 g/mol. The Hall–Kier alpha value is -1.25. The highest BCUT2D eigenvalue weighted by molar-refractivity contribution is 5.93. The van der Waals surface area contributed by atoms with E-state index in [-0.39, 0.29) is 11.3 Å². The van der Waals surface area contributed by atoms with Crippen molar-refractivity contribution in [3.8, 4) is 0 Å². The van der Waals surface area contributed by atoms with Gasteiger partial charge in [-0.15, -0.1) is 0 Å². The highest BCUT2D eigenvalue weighted by atomic mass is 16.1. The number of aromatic nitrogens is 1. The third-order valence-corrected chi connectivity index (χ3v) is 3.39. The number of nitrogens with two attached hydrogens (primary N) is 1. The molecule has 1 atom stereocenters. The molecule has 1 heterocycles. The van der Waals surface area contributed by atoms with E-state index in [1.165, 1.54) is 0 Å². The molecule has 17 heavy (non-hydrogen) atoms. The van der Waals surface area contributed by atoms with Crippen molar-refractivity contribution in [1.82, 2.24) is 4.98 Å². The summed E-state index contributed by atoms with van der Waals surface area (Å²) in [5.41, 5.74) is 8.11. The molecule has 1 rings (SSSR count). The van der Waals surface area contributed by atoms with Gasteiger partial charge in [0, 0.05) is 11.1 Å². The number of rotatable bonds is 3. The number of primary amides is 1. The Morgan fingerprint density at radius 2 is 1.82 bits per heavy atom. The van der Waals surface area contributed by atoms with E-state index < -0.39 is 0 Å². The highest BCUT2D eigenvalue weighted by Gasteiger charge is 2.24. The Morgan fingerprint density at radius 1 is 1.29 bits per heavy atom. The molecule has 0 radical (unpaired) electrons. The lowest BCUT2D eigenvalue weighted by Crippen LogP contribution is -2.17. The first-order valence-electron chi connectivity index (χ1n) is 6.17. The Bertz CT molecular complexity index is 410. The van der Waals surface area contributed by atoms with Crippen molar-refractivity contribution in [3.63, 3.8) is 0 Å². The molecule has 0 aliphatic carbocycles. The summed E-state index contributed by atoms with van der Waals surface area (Å²) in [4.78, 5) is 14.7. The van der Waals surface area contributed by atoms with Crippen LogP contribution in [-0.2, 0) is 5.41 Å². The summed E-state index contributed by atoms with van der Waals surface area (Å²) in [5, 5.41) is 0. The number of carbonyl (C=O) groups is 1. The molecule has 0 spiro atoms. The second kappa shape index (κ2) is 4.55. The first kappa shape index (κ1) is 13.8. The van der Waals surface area contributed by atoms with E-state index in [9.17, 15) is 4.79 Å². The Balaban J connectivity index is 3.29. The minimum Gasteiger partial charge on any atom is -0.364 e. The van der Waals surface area contributed by atoms with Gasteiger partial charge in [0.05, 0.1) is 0 Å². The van der Waals surface area contributed by atoms with E-state index in [0.717, 1.165) is 11.3 Å². The standard InChI is InChI=1S/C14H24N2O/c1-8(2)9(3)10-7-11(14(4,5)6)16-12(10)13(15)17/h7-9,16H,1-6H3,(H2,15,17)/t9-/m0/s1. The van der Waals surface area contributed by atoms with Crippen LogP contribution in [0.3, 0.4) is 0 Å². The van der Waals surface area contributed by atoms with E-state index in [4.69, 9.17) is 5.73 Å². The normalized spacial score (nSPS) is 14.1. The third kappa shape index (κ3) is 2.90. The fraction of sp³-hybridized carbons (Fsp3) is 0.643. The molecule has 0 saturated heterocycles. The first-order chi connectivity index (χ1) is 7.64. The Morgan fingerprint density at radius 3 is 2.18 bits per heavy atom. The number of carbonyl (C=O) groups excluding carboxylic acids is 1. The second-order valence-corrected chi connectivity index (χ2v) is 6.16. The number of amides is 1. The molecule has 3 heteroatoms. The highest BCUT2D eigenvalue weighted by Crippen LogP contribution is 2.31. The fourth-order valence-electron chi connectivity index (χ4n) is 1.80. The number of H-pyrrole nitrogens is 1. The van der Waals surface area contributed by atoms with Crippen molar-refractivity contribution in [2.75, 3.05) is 0 Å². The van der Waals surface area contributed by atoms with Crippen LogP contribution in [0.1, 0.15) is 69.2 Å². The molecule has 1 aromatic heterocycles. The van der Waals surface area contributed by atoms with Crippen molar-refractivity contribution in [1.29, 1.82) is 0 Å². The number of aromatic amines is 1. The zero-order valence-electron chi connectivity index (χ0n) is 11.7. The van der Waals surface area contributed by atoms with Gasteiger partial charge in [-0.1, -0.05) is 41.5 Å². The average Bonchev–Trinajstić information content (AvgIpc) is 2.59. The van der Waals surface area contributed by atoms with Crippen LogP contribution in [0.4, 0.5) is 0 Å². The lowest BCUT2D eigenvalue weighted by molar-refractivity contribution is 0.0994. The fourth-order valence-corrected chi connectivity index (χ4v) is 1.80. The molecular weight excluding hydrogens is 212 g/mol. The van der Waals surface area contributed by atoms with Crippen LogP contribution in [0.25, 0.3) is 0 Å². The van der Waals surface area contributed by atoms with Crippen LogP contribution in [0.5, 0.6) is 0 Å². The lowest BCUT2D eigenvalue weighted by atomic mass is 9.87. The maximum atomic E-state index is 11.5. The molecule has 0 aromatic carbocycles. The van der Waals surface area contributed by atoms with Crippen LogP contribution in [0.2, 0.25) is 0 Å². The van der Waals surface area contributed by atoms with Crippen LogP contribution in [-0.4, -0.2) is 10.9 Å². The summed E-state index contributed by atoms with van der Waals surface area (Å²) >= 11 is 0. The molecule has 96 valence electrons. The summed E-state index contributed by atoms with van der Waals surface area (Å²) in [7, 11) is 0. The quantitative estimate of drug-likeness (QED) is 0.832. The zero-order valence-corrected chi connectivity index (χ0v) is 11.7. The summed E-state index contributed by atoms with van der Waals surface area (Å²) in [6, 6.07) is 2.09. The zero-order chi connectivity index (χ0) is 13.4. The summed E-state index contributed by atoms with van der Waals surface area (Å²) in [5.74, 6) is 0.435. The van der Waals surface area contributed by atoms with Gasteiger partial charge in [-0.3, -0.25) is 4.79 Å². The molecular formula is C14H24N2O. The predicted octanol–water partition coefficient (Wildman–Crippen LogP) is 3.17. The molecule has 0 bridgehead atoms. The molecule has 0 aliphatic rings. The van der Waals surface area contributed by atoms with Crippen LogP contribution >= 0.6 is 0 Å². The smallest absolute Gasteiger partial charge is 0.265 e. The van der Waals surface area contributed by atoms with Gasteiger partial charge in [0.1, 0.15) is 5.69 Å². The molecule has 0 unspecified atom stereocenters. The van der Waals surface area contributed by atoms with E-state index in [1.807, 2.05) is 0 Å². The van der Waals surface area contributed by atoms with Crippen LogP contribution < -0.4 is 5.73 Å². The van der Waals surface area contributed by atoms with E-state index in [2.05, 4.69) is 52.6 Å². The van der Waals surface area contributed by atoms with Gasteiger partial charge in [0.25, 0.3) is 5.91 Å². The minimum absolute atomic E-state index is 0.000844. The maximum absolute atomic E-state index is 11.5. The number of nitrogens with one attached hydrogen (secondary N) is 1. The SMILES string of the molecule is CC(C)[C@H](C)c1cc(C(C)(C)C)[nH]c1C(N)=O. The maximum Gasteiger partial charge on any atom is 0.265 e. The Labute approximate surface area is 104 Å². The molecule has 0 aliphatic heterocycles. The van der Waals surface area contributed by atoms with Gasteiger partial charge in [-0.05, 0) is 23.5 Å². The first-order valence-corrected chi connectivity index (χ1v) is 6.17. The van der Waals surface area contributed by atoms with E-state index in [0.29, 0.717) is 17.5 Å². The lowest BCUT2D eigenvalue weighted by Gasteiger charge is -2.16. The van der Waals surface area contributed by atoms with Crippen molar-refractivity contribution in [3.05, 3.63) is 23.0 Å². The number of hydrogen-bond donors (Lipinski definition) is 2. The van der Waals surface area contributed by atoms with Crippen molar-refractivity contribution in [2.45, 2.75) is 52.9 Å². The third-order valence-electron chi connectivity index (χ3n) is 3.39. The topological polar surface area (TPSA) is 58.9 Å². The molecule has 1 aromatic rings. The van der Waals surface area contributed by atoms with Crippen molar-refractivity contribution >= 4 is 5.91 Å². The number of hydrogen-bond acceptors (Lipinski definition) is 1. The summed E-state index contributed by atoms with van der Waals surface area (Å²) < 4.78 is 0. The van der Waals surface area contributed by atoms with Crippen LogP contribution in [0.15, 0.2) is 6.07 Å². The second-order valence-electron chi connectivity index (χ2n) is 6.16. The van der Waals surface area contributed by atoms with E-state index >= 15 is 0 Å². The van der Waals surface area contributed by atoms with Gasteiger partial charge in [-0.2, -0.15) is 0 Å². The van der Waals surface area contributed by atoms with Crippen LogP contribution in [0, 0.1) is 5.92 Å². The van der Waals surface area contributed by atoms with Gasteiger partial charge < -0.3 is 10.7 Å². The van der Waals surface area contributed by atoms with Crippen molar-refractivity contribution < 1.29 is 4.79 Å². The average molecular weight is 236 g/mol. The van der Waals surface area contributed by atoms with Crippen molar-refractivity contribution in [2.24, 2.45) is 11.7 Å². The molecule has 0 fully saturated rings. The van der Waals surface area contributed by atoms with Gasteiger partial charge in [0.15, 0.2) is 0 Å². The van der Waals surface area contributed by atoms with Gasteiger partial charge in [-0.25, -0.2) is 0 Å². The van der Waals surface area contributed by atoms with Gasteiger partial charge in [0.2, 0.25) is 0 Å². The molecule has 3 N–H and O–H groups in total. The largest absolute Gasteiger partial charge is 0.364 e. The summed E-state index contributed by atoms with van der Waals surface area (Å²) in [6.07, 6.45) is 0. The molecule has 1 amide bonds.